The van der Waals surface area contributed by atoms with Crippen LogP contribution < -0.4 is 10.1 Å². The first kappa shape index (κ1) is 19.9. The molecule has 1 N–H and O–H groups in total. The summed E-state index contributed by atoms with van der Waals surface area (Å²) in [5, 5.41) is 3.16. The lowest BCUT2D eigenvalue weighted by molar-refractivity contribution is -0.305. The first-order chi connectivity index (χ1) is 14.7. The Labute approximate surface area is 175 Å². The minimum Gasteiger partial charge on any atom is -0.456 e. The molecule has 4 rings (SSSR count). The number of rotatable bonds is 5. The van der Waals surface area contributed by atoms with Crippen LogP contribution in [0.4, 0.5) is 5.69 Å². The Morgan fingerprint density at radius 1 is 0.967 bits per heavy atom. The Morgan fingerprint density at radius 3 is 2.47 bits per heavy atom. The summed E-state index contributed by atoms with van der Waals surface area (Å²) in [6, 6.07) is 19.8. The third-order valence-corrected chi connectivity index (χ3v) is 4.57. The van der Waals surface area contributed by atoms with Crippen LogP contribution in [0.2, 0.25) is 0 Å². The maximum Gasteiger partial charge on any atom is 0.203 e. The molecule has 1 aliphatic rings. The molecular formula is C23H24N4O3. The fourth-order valence-corrected chi connectivity index (χ4v) is 2.92. The van der Waals surface area contributed by atoms with Crippen LogP contribution in [0.1, 0.15) is 16.8 Å². The molecular weight excluding hydrogens is 380 g/mol. The molecule has 0 aliphatic carbocycles. The van der Waals surface area contributed by atoms with Crippen LogP contribution in [0.5, 0.6) is 11.5 Å². The Bertz CT molecular complexity index is 986. The number of benzene rings is 2. The van der Waals surface area contributed by atoms with Crippen LogP contribution in [0.15, 0.2) is 71.9 Å². The molecule has 0 bridgehead atoms. The van der Waals surface area contributed by atoms with E-state index in [9.17, 15) is 0 Å². The van der Waals surface area contributed by atoms with Gasteiger partial charge >= 0.3 is 0 Å². The Morgan fingerprint density at radius 2 is 1.73 bits per heavy atom. The number of ether oxygens (including phenoxy) is 1. The van der Waals surface area contributed by atoms with Gasteiger partial charge in [-0.2, -0.15) is 0 Å². The van der Waals surface area contributed by atoms with E-state index < -0.39 is 0 Å². The second-order valence-electron chi connectivity index (χ2n) is 7.04. The fourth-order valence-electron chi connectivity index (χ4n) is 2.92. The Kier molecular flexibility index (Phi) is 6.22. The first-order valence-corrected chi connectivity index (χ1v) is 9.74. The predicted molar refractivity (Wildman–Crippen MR) is 114 cm³/mol. The molecule has 2 heterocycles. The van der Waals surface area contributed by atoms with Gasteiger partial charge in [-0.3, -0.25) is 4.98 Å². The lowest BCUT2D eigenvalue weighted by Gasteiger charge is -2.22. The molecule has 1 aromatic heterocycles. The van der Waals surface area contributed by atoms with Crippen molar-refractivity contribution in [3.63, 3.8) is 0 Å². The van der Waals surface area contributed by atoms with E-state index in [1.807, 2.05) is 48.2 Å². The summed E-state index contributed by atoms with van der Waals surface area (Å²) in [6.07, 6.45) is 1.71. The number of aryl methyl sites for hydroxylation is 2. The second-order valence-corrected chi connectivity index (χ2v) is 7.04. The lowest BCUT2D eigenvalue weighted by Crippen LogP contribution is -2.39. The SMILES string of the molecule is Cc1ccc(CN2COOCN/C2=N\c2ccc(Oc3ccc(C)nc3)cc2)cc1. The van der Waals surface area contributed by atoms with Crippen molar-refractivity contribution in [2.45, 2.75) is 20.4 Å². The highest BCUT2D eigenvalue weighted by atomic mass is 17.2. The molecule has 1 fully saturated rings. The van der Waals surface area contributed by atoms with Gasteiger partial charge in [-0.1, -0.05) is 29.8 Å². The molecule has 154 valence electrons. The van der Waals surface area contributed by atoms with E-state index in [-0.39, 0.29) is 13.5 Å². The maximum atomic E-state index is 5.83. The van der Waals surface area contributed by atoms with Crippen LogP contribution in [0.3, 0.4) is 0 Å². The third-order valence-electron chi connectivity index (χ3n) is 4.57. The zero-order valence-corrected chi connectivity index (χ0v) is 17.0. The van der Waals surface area contributed by atoms with Gasteiger partial charge in [0, 0.05) is 12.2 Å². The highest BCUT2D eigenvalue weighted by Gasteiger charge is 2.16. The van der Waals surface area contributed by atoms with Gasteiger partial charge in [-0.25, -0.2) is 14.8 Å². The number of pyridine rings is 1. The van der Waals surface area contributed by atoms with E-state index in [1.165, 1.54) is 5.56 Å². The third kappa shape index (κ3) is 5.34. The van der Waals surface area contributed by atoms with Crippen molar-refractivity contribution in [3.05, 3.63) is 83.7 Å². The highest BCUT2D eigenvalue weighted by Crippen LogP contribution is 2.24. The standard InChI is InChI=1S/C23H24N4O3/c1-17-3-6-19(7-4-17)14-27-16-29-28-15-25-23(27)26-20-8-11-21(12-9-20)30-22-10-5-18(2)24-13-22/h3-13H,14-16H2,1-2H3,(H,25,26). The average Bonchev–Trinajstić information content (AvgIpc) is 2.98. The van der Waals surface area contributed by atoms with E-state index in [2.05, 4.69) is 41.5 Å². The predicted octanol–water partition coefficient (Wildman–Crippen LogP) is 4.45. The lowest BCUT2D eigenvalue weighted by atomic mass is 10.1. The summed E-state index contributed by atoms with van der Waals surface area (Å²) in [5.41, 5.74) is 4.14. The van der Waals surface area contributed by atoms with Gasteiger partial charge in [0.1, 0.15) is 11.5 Å². The van der Waals surface area contributed by atoms with Gasteiger partial charge in [0.15, 0.2) is 13.5 Å². The van der Waals surface area contributed by atoms with Gasteiger partial charge in [-0.05, 0) is 55.8 Å². The molecule has 0 unspecified atom stereocenters. The summed E-state index contributed by atoms with van der Waals surface area (Å²) in [4.78, 5) is 21.3. The molecule has 30 heavy (non-hydrogen) atoms. The van der Waals surface area contributed by atoms with Crippen LogP contribution in [-0.2, 0) is 16.3 Å². The zero-order chi connectivity index (χ0) is 20.8. The van der Waals surface area contributed by atoms with Crippen molar-refractivity contribution in [3.8, 4) is 11.5 Å². The number of nitrogens with zero attached hydrogens (tertiary/aromatic N) is 3. The van der Waals surface area contributed by atoms with E-state index >= 15 is 0 Å². The molecule has 0 saturated carbocycles. The van der Waals surface area contributed by atoms with Gasteiger partial charge in [-0.15, -0.1) is 0 Å². The Hall–Kier alpha value is -3.42. The molecule has 7 nitrogen and oxygen atoms in total. The van der Waals surface area contributed by atoms with Crippen molar-refractivity contribution in [1.29, 1.82) is 0 Å². The fraction of sp³-hybridized carbons (Fsp3) is 0.217. The average molecular weight is 404 g/mol. The molecule has 0 atom stereocenters. The van der Waals surface area contributed by atoms with Gasteiger partial charge < -0.3 is 15.0 Å². The monoisotopic (exact) mass is 404 g/mol. The largest absolute Gasteiger partial charge is 0.456 e. The number of guanidine groups is 1. The van der Waals surface area contributed by atoms with E-state index in [1.54, 1.807) is 6.20 Å². The molecule has 0 spiro atoms. The Balaban J connectivity index is 1.48. The van der Waals surface area contributed by atoms with Gasteiger partial charge in [0.05, 0.1) is 11.9 Å². The van der Waals surface area contributed by atoms with Crippen molar-refractivity contribution >= 4 is 11.6 Å². The van der Waals surface area contributed by atoms with Crippen LogP contribution in [0, 0.1) is 13.8 Å². The zero-order valence-electron chi connectivity index (χ0n) is 17.0. The number of hydrogen-bond donors (Lipinski definition) is 1. The summed E-state index contributed by atoms with van der Waals surface area (Å²) in [6.45, 7) is 5.17. The normalized spacial score (nSPS) is 15.5. The van der Waals surface area contributed by atoms with E-state index in [4.69, 9.17) is 19.5 Å². The quantitative estimate of drug-likeness (QED) is 0.634. The highest BCUT2D eigenvalue weighted by molar-refractivity contribution is 5.82. The first-order valence-electron chi connectivity index (χ1n) is 9.74. The molecule has 2 aromatic carbocycles. The van der Waals surface area contributed by atoms with E-state index in [0.717, 1.165) is 22.7 Å². The summed E-state index contributed by atoms with van der Waals surface area (Å²) < 4.78 is 5.83. The van der Waals surface area contributed by atoms with Crippen molar-refractivity contribution < 1.29 is 14.5 Å². The molecule has 0 amide bonds. The number of hydrogen-bond acceptors (Lipinski definition) is 5. The minimum absolute atomic E-state index is 0.227. The van der Waals surface area contributed by atoms with Crippen molar-refractivity contribution in [2.75, 3.05) is 13.5 Å². The van der Waals surface area contributed by atoms with Gasteiger partial charge in [0.2, 0.25) is 5.96 Å². The second kappa shape index (κ2) is 9.39. The molecule has 1 saturated heterocycles. The van der Waals surface area contributed by atoms with Crippen molar-refractivity contribution in [1.82, 2.24) is 15.2 Å². The molecule has 3 aromatic rings. The van der Waals surface area contributed by atoms with Crippen LogP contribution >= 0.6 is 0 Å². The summed E-state index contributed by atoms with van der Waals surface area (Å²) >= 11 is 0. The molecule has 7 heteroatoms. The van der Waals surface area contributed by atoms with E-state index in [0.29, 0.717) is 18.3 Å². The smallest absolute Gasteiger partial charge is 0.203 e. The van der Waals surface area contributed by atoms with Crippen LogP contribution in [-0.4, -0.2) is 29.3 Å². The van der Waals surface area contributed by atoms with Crippen LogP contribution in [0.25, 0.3) is 0 Å². The topological polar surface area (TPSA) is 68.2 Å². The van der Waals surface area contributed by atoms with Gasteiger partial charge in [0.25, 0.3) is 0 Å². The number of aromatic nitrogens is 1. The summed E-state index contributed by atoms with van der Waals surface area (Å²) in [7, 11) is 0. The molecule has 1 aliphatic heterocycles. The minimum atomic E-state index is 0.227. The number of nitrogens with one attached hydrogen (secondary N) is 1. The summed E-state index contributed by atoms with van der Waals surface area (Å²) in [5.74, 6) is 2.11. The number of aliphatic imine (C=N–C) groups is 1. The van der Waals surface area contributed by atoms with Crippen molar-refractivity contribution in [2.24, 2.45) is 4.99 Å². The molecule has 0 radical (unpaired) electrons. The maximum absolute atomic E-state index is 5.83.